The molecule has 0 spiro atoms. The fraction of sp³-hybridized carbons (Fsp3) is 1.00. The van der Waals surface area contributed by atoms with Crippen LogP contribution >= 0.6 is 47.7 Å². The van der Waals surface area contributed by atoms with Crippen LogP contribution in [0.1, 0.15) is 32.1 Å². The summed E-state index contributed by atoms with van der Waals surface area (Å²) < 4.78 is 3.47. The standard InChI is InChI=1S/C9H15IN2.2ClH/c10-12-9-4-6-1-7(5-9)3-8(2-6)11-9;;/h6-8,11-12H,1-5H2;2*1H. The lowest BCUT2D eigenvalue weighted by molar-refractivity contribution is -0.00437. The first kappa shape index (κ1) is 13.3. The van der Waals surface area contributed by atoms with Gasteiger partial charge in [0.25, 0.3) is 0 Å². The van der Waals surface area contributed by atoms with Gasteiger partial charge in [-0.15, -0.1) is 24.8 Å². The van der Waals surface area contributed by atoms with Crippen molar-refractivity contribution in [2.24, 2.45) is 11.8 Å². The maximum atomic E-state index is 3.76. The van der Waals surface area contributed by atoms with Crippen molar-refractivity contribution >= 4 is 47.7 Å². The summed E-state index contributed by atoms with van der Waals surface area (Å²) in [5, 5.41) is 3.76. The van der Waals surface area contributed by atoms with Gasteiger partial charge in [0.2, 0.25) is 0 Å². The van der Waals surface area contributed by atoms with Gasteiger partial charge >= 0.3 is 0 Å². The Kier molecular flexibility index (Phi) is 4.38. The van der Waals surface area contributed by atoms with E-state index in [0.29, 0.717) is 5.66 Å². The maximum absolute atomic E-state index is 3.76. The molecule has 4 rings (SSSR count). The largest absolute Gasteiger partial charge is 0.296 e. The maximum Gasteiger partial charge on any atom is 0.0780 e. The Balaban J connectivity index is 0.000000490. The molecule has 2 aliphatic carbocycles. The van der Waals surface area contributed by atoms with E-state index in [1.807, 2.05) is 0 Å². The van der Waals surface area contributed by atoms with E-state index in [-0.39, 0.29) is 24.8 Å². The highest BCUT2D eigenvalue weighted by Gasteiger charge is 2.50. The molecule has 0 radical (unpaired) electrons. The second kappa shape index (κ2) is 4.62. The van der Waals surface area contributed by atoms with E-state index < -0.39 is 0 Å². The third-order valence-electron chi connectivity index (χ3n) is 3.84. The molecule has 2 atom stereocenters. The Hall–Kier alpha value is 1.23. The van der Waals surface area contributed by atoms with Gasteiger partial charge in [-0.3, -0.25) is 5.32 Å². The van der Waals surface area contributed by atoms with Crippen LogP contribution in [0.25, 0.3) is 0 Å². The summed E-state index contributed by atoms with van der Waals surface area (Å²) in [7, 11) is 0. The minimum Gasteiger partial charge on any atom is -0.296 e. The fourth-order valence-electron chi connectivity index (χ4n) is 3.70. The summed E-state index contributed by atoms with van der Waals surface area (Å²) in [6, 6.07) is 0.832. The lowest BCUT2D eigenvalue weighted by Crippen LogP contribution is -2.68. The van der Waals surface area contributed by atoms with Gasteiger partial charge in [0.15, 0.2) is 0 Å². The van der Waals surface area contributed by atoms with E-state index >= 15 is 0 Å². The van der Waals surface area contributed by atoms with E-state index in [9.17, 15) is 0 Å². The molecule has 0 aromatic carbocycles. The summed E-state index contributed by atoms with van der Waals surface area (Å²) in [5.74, 6) is 2.04. The third-order valence-corrected chi connectivity index (χ3v) is 4.87. The molecule has 2 unspecified atom stereocenters. The number of hydrogen-bond acceptors (Lipinski definition) is 2. The predicted octanol–water partition coefficient (Wildman–Crippen LogP) is 2.65. The molecule has 14 heavy (non-hydrogen) atoms. The molecule has 2 aliphatic heterocycles. The van der Waals surface area contributed by atoms with Crippen molar-refractivity contribution in [2.45, 2.75) is 43.8 Å². The first-order valence-corrected chi connectivity index (χ1v) is 6.03. The van der Waals surface area contributed by atoms with Crippen molar-refractivity contribution in [1.82, 2.24) is 8.85 Å². The molecular formula is C9H17Cl2IN2. The molecule has 0 aromatic heterocycles. The summed E-state index contributed by atoms with van der Waals surface area (Å²) in [6.07, 6.45) is 7.12. The van der Waals surface area contributed by atoms with Gasteiger partial charge in [-0.2, -0.15) is 0 Å². The van der Waals surface area contributed by atoms with Gasteiger partial charge in [0.05, 0.1) is 5.66 Å². The van der Waals surface area contributed by atoms with Crippen LogP contribution in [0.5, 0.6) is 0 Å². The highest BCUT2D eigenvalue weighted by atomic mass is 127. The van der Waals surface area contributed by atoms with Crippen molar-refractivity contribution < 1.29 is 0 Å². The number of piperidine rings is 2. The Morgan fingerprint density at radius 2 is 1.64 bits per heavy atom. The normalized spacial score (nSPS) is 48.2. The third kappa shape index (κ3) is 2.03. The summed E-state index contributed by atoms with van der Waals surface area (Å²) in [4.78, 5) is 0. The van der Waals surface area contributed by atoms with Crippen LogP contribution in [-0.2, 0) is 0 Å². The van der Waals surface area contributed by atoms with Crippen molar-refractivity contribution in [1.29, 1.82) is 0 Å². The van der Waals surface area contributed by atoms with Gasteiger partial charge in [0, 0.05) is 28.9 Å². The minimum absolute atomic E-state index is 0. The lowest BCUT2D eigenvalue weighted by atomic mass is 9.62. The van der Waals surface area contributed by atoms with E-state index in [2.05, 4.69) is 31.7 Å². The molecule has 0 amide bonds. The van der Waals surface area contributed by atoms with Crippen LogP contribution in [0.3, 0.4) is 0 Å². The van der Waals surface area contributed by atoms with E-state index in [4.69, 9.17) is 0 Å². The zero-order chi connectivity index (χ0) is 8.18. The highest BCUT2D eigenvalue weighted by molar-refractivity contribution is 14.1. The predicted molar refractivity (Wildman–Crippen MR) is 71.4 cm³/mol. The molecular weight excluding hydrogens is 334 g/mol. The van der Waals surface area contributed by atoms with Crippen molar-refractivity contribution in [3.05, 3.63) is 0 Å². The first-order valence-electron chi connectivity index (χ1n) is 4.95. The van der Waals surface area contributed by atoms with Gasteiger partial charge < -0.3 is 0 Å². The van der Waals surface area contributed by atoms with Crippen LogP contribution in [0.4, 0.5) is 0 Å². The van der Waals surface area contributed by atoms with E-state index in [0.717, 1.165) is 17.9 Å². The molecule has 2 heterocycles. The quantitative estimate of drug-likeness (QED) is 0.561. The van der Waals surface area contributed by atoms with Gasteiger partial charge in [-0.25, -0.2) is 3.53 Å². The number of hydrogen-bond donors (Lipinski definition) is 2. The SMILES string of the molecule is Cl.Cl.INC12CC3CC(CC(C3)N1)C2. The molecule has 0 aromatic rings. The topological polar surface area (TPSA) is 24.1 Å². The molecule has 5 heteroatoms. The van der Waals surface area contributed by atoms with E-state index in [1.165, 1.54) is 32.1 Å². The Bertz CT molecular complexity index is 178. The minimum atomic E-state index is 0. The molecule has 2 saturated heterocycles. The molecule has 4 aliphatic rings. The van der Waals surface area contributed by atoms with E-state index in [1.54, 1.807) is 0 Å². The molecule has 84 valence electrons. The van der Waals surface area contributed by atoms with Crippen LogP contribution in [-0.4, -0.2) is 11.7 Å². The summed E-state index contributed by atoms with van der Waals surface area (Å²) >= 11 is 2.32. The van der Waals surface area contributed by atoms with Crippen molar-refractivity contribution in [3.8, 4) is 0 Å². The number of nitrogens with one attached hydrogen (secondary N) is 2. The second-order valence-corrected chi connectivity index (χ2v) is 5.40. The molecule has 2 saturated carbocycles. The van der Waals surface area contributed by atoms with Crippen LogP contribution in [0.15, 0.2) is 0 Å². The smallest absolute Gasteiger partial charge is 0.0780 e. The Morgan fingerprint density at radius 3 is 2.07 bits per heavy atom. The Morgan fingerprint density at radius 1 is 1.07 bits per heavy atom. The van der Waals surface area contributed by atoms with Gasteiger partial charge in [0.1, 0.15) is 0 Å². The monoisotopic (exact) mass is 350 g/mol. The van der Waals surface area contributed by atoms with Gasteiger partial charge in [-0.1, -0.05) is 0 Å². The second-order valence-electron chi connectivity index (χ2n) is 4.87. The zero-order valence-electron chi connectivity index (χ0n) is 7.96. The number of rotatable bonds is 1. The zero-order valence-corrected chi connectivity index (χ0v) is 11.8. The number of halogens is 3. The van der Waals surface area contributed by atoms with Crippen LogP contribution < -0.4 is 8.85 Å². The molecule has 2 N–H and O–H groups in total. The van der Waals surface area contributed by atoms with Crippen LogP contribution in [0, 0.1) is 11.8 Å². The Labute approximate surface area is 112 Å². The van der Waals surface area contributed by atoms with Crippen molar-refractivity contribution in [3.63, 3.8) is 0 Å². The lowest BCUT2D eigenvalue weighted by Gasteiger charge is -2.56. The molecule has 2 nitrogen and oxygen atoms in total. The fourth-order valence-corrected chi connectivity index (χ4v) is 4.29. The first-order chi connectivity index (χ1) is 5.80. The van der Waals surface area contributed by atoms with Gasteiger partial charge in [-0.05, 0) is 43.9 Å². The van der Waals surface area contributed by atoms with Crippen molar-refractivity contribution in [2.75, 3.05) is 0 Å². The summed E-state index contributed by atoms with van der Waals surface area (Å²) in [6.45, 7) is 0. The summed E-state index contributed by atoms with van der Waals surface area (Å²) in [5.41, 5.74) is 0.329. The molecule has 4 fully saturated rings. The molecule has 4 bridgehead atoms. The highest BCUT2D eigenvalue weighted by Crippen LogP contribution is 2.48. The average molecular weight is 351 g/mol. The van der Waals surface area contributed by atoms with Crippen LogP contribution in [0.2, 0.25) is 0 Å². The average Bonchev–Trinajstić information content (AvgIpc) is 2.02.